The Bertz CT molecular complexity index is 1230. The van der Waals surface area contributed by atoms with Crippen LogP contribution in [0.3, 0.4) is 0 Å². The highest BCUT2D eigenvalue weighted by molar-refractivity contribution is 7.89. The number of carbonyl (C=O) groups is 1. The molecule has 3 aromatic rings. The molecule has 1 N–H and O–H groups in total. The van der Waals surface area contributed by atoms with E-state index in [-0.39, 0.29) is 10.6 Å². The number of nitrogens with zero attached hydrogens (tertiary/aromatic N) is 1. The minimum Gasteiger partial charge on any atom is -0.480 e. The fourth-order valence-electron chi connectivity index (χ4n) is 3.91. The number of halogens is 2. The molecule has 0 radical (unpaired) electrons. The van der Waals surface area contributed by atoms with Gasteiger partial charge in [-0.3, -0.25) is 4.79 Å². The summed E-state index contributed by atoms with van der Waals surface area (Å²) in [4.78, 5) is 11.4. The standard InChI is InChI=1S/C24H21F2NO5S/c25-23(26)32-20-10-12-21(13-11-20)33(30,31)27(16-22(28)29)24(14-15-24)19-8-6-18(7-9-19)17-4-2-1-3-5-17/h1-13,23H,14-16H2,(H,28,29). The van der Waals surface area contributed by atoms with Crippen molar-refractivity contribution >= 4 is 16.0 Å². The van der Waals surface area contributed by atoms with Crippen molar-refractivity contribution in [3.05, 3.63) is 84.4 Å². The summed E-state index contributed by atoms with van der Waals surface area (Å²) < 4.78 is 56.9. The van der Waals surface area contributed by atoms with Gasteiger partial charge in [0, 0.05) is 0 Å². The molecule has 9 heteroatoms. The number of rotatable bonds is 9. The number of hydrogen-bond acceptors (Lipinski definition) is 4. The topological polar surface area (TPSA) is 83.9 Å². The molecular formula is C24H21F2NO5S. The Morgan fingerprint density at radius 2 is 1.52 bits per heavy atom. The summed E-state index contributed by atoms with van der Waals surface area (Å²) in [5.74, 6) is -1.48. The second-order valence-electron chi connectivity index (χ2n) is 7.73. The van der Waals surface area contributed by atoms with Crippen LogP contribution in [0.1, 0.15) is 18.4 Å². The lowest BCUT2D eigenvalue weighted by Gasteiger charge is -2.30. The first kappa shape index (κ1) is 22.9. The van der Waals surface area contributed by atoms with Gasteiger partial charge >= 0.3 is 12.6 Å². The Morgan fingerprint density at radius 3 is 2.03 bits per heavy atom. The molecule has 172 valence electrons. The van der Waals surface area contributed by atoms with Gasteiger partial charge in [0.05, 0.1) is 10.4 Å². The Kier molecular flexibility index (Phi) is 6.18. The fourth-order valence-corrected chi connectivity index (χ4v) is 5.68. The molecule has 4 rings (SSSR count). The quantitative estimate of drug-likeness (QED) is 0.486. The molecule has 0 saturated heterocycles. The molecule has 3 aromatic carbocycles. The zero-order valence-corrected chi connectivity index (χ0v) is 18.2. The number of carboxylic acid groups (broad SMARTS) is 1. The van der Waals surface area contributed by atoms with E-state index in [0.717, 1.165) is 39.7 Å². The van der Waals surface area contributed by atoms with Crippen LogP contribution in [0.2, 0.25) is 0 Å². The van der Waals surface area contributed by atoms with Crippen molar-refractivity contribution in [3.63, 3.8) is 0 Å². The van der Waals surface area contributed by atoms with E-state index in [9.17, 15) is 27.1 Å². The fraction of sp³-hybridized carbons (Fsp3) is 0.208. The summed E-state index contributed by atoms with van der Waals surface area (Å²) in [6.07, 6.45) is 0.938. The lowest BCUT2D eigenvalue weighted by Crippen LogP contribution is -2.43. The van der Waals surface area contributed by atoms with Crippen LogP contribution in [0.25, 0.3) is 11.1 Å². The van der Waals surface area contributed by atoms with Crippen molar-refractivity contribution < 1.29 is 31.8 Å². The molecule has 1 aliphatic carbocycles. The highest BCUT2D eigenvalue weighted by Crippen LogP contribution is 2.53. The normalized spacial score (nSPS) is 14.9. The summed E-state index contributed by atoms with van der Waals surface area (Å²) >= 11 is 0. The molecule has 0 bridgehead atoms. The lowest BCUT2D eigenvalue weighted by atomic mass is 9.99. The van der Waals surface area contributed by atoms with Crippen molar-refractivity contribution in [2.75, 3.05) is 6.54 Å². The Balaban J connectivity index is 1.67. The molecule has 1 saturated carbocycles. The average molecular weight is 473 g/mol. The number of ether oxygens (including phenoxy) is 1. The van der Waals surface area contributed by atoms with E-state index in [1.165, 1.54) is 0 Å². The van der Waals surface area contributed by atoms with Crippen molar-refractivity contribution in [1.82, 2.24) is 4.31 Å². The van der Waals surface area contributed by atoms with E-state index in [4.69, 9.17) is 0 Å². The summed E-state index contributed by atoms with van der Waals surface area (Å²) in [6, 6.07) is 21.6. The van der Waals surface area contributed by atoms with Crippen LogP contribution in [0.4, 0.5) is 8.78 Å². The third-order valence-corrected chi connectivity index (χ3v) is 7.57. The minimum atomic E-state index is -4.24. The van der Waals surface area contributed by atoms with Crippen LogP contribution in [0, 0.1) is 0 Å². The van der Waals surface area contributed by atoms with Crippen LogP contribution >= 0.6 is 0 Å². The maximum Gasteiger partial charge on any atom is 0.387 e. The first-order chi connectivity index (χ1) is 15.7. The molecule has 0 aliphatic heterocycles. The van der Waals surface area contributed by atoms with Gasteiger partial charge in [-0.2, -0.15) is 13.1 Å². The van der Waals surface area contributed by atoms with Gasteiger partial charge < -0.3 is 9.84 Å². The van der Waals surface area contributed by atoms with E-state index in [1.54, 1.807) is 0 Å². The number of carboxylic acids is 1. The zero-order chi connectivity index (χ0) is 23.6. The Morgan fingerprint density at radius 1 is 0.939 bits per heavy atom. The first-order valence-electron chi connectivity index (χ1n) is 10.2. The van der Waals surface area contributed by atoms with Crippen molar-refractivity contribution in [2.45, 2.75) is 29.9 Å². The number of aliphatic carboxylic acids is 1. The molecule has 1 fully saturated rings. The molecule has 1 aliphatic rings. The molecule has 0 spiro atoms. The number of benzene rings is 3. The monoisotopic (exact) mass is 473 g/mol. The van der Waals surface area contributed by atoms with Gasteiger partial charge in [0.25, 0.3) is 0 Å². The van der Waals surface area contributed by atoms with Crippen LogP contribution in [-0.2, 0) is 20.4 Å². The van der Waals surface area contributed by atoms with E-state index in [1.807, 2.05) is 54.6 Å². The molecular weight excluding hydrogens is 452 g/mol. The van der Waals surface area contributed by atoms with Crippen LogP contribution in [0.5, 0.6) is 5.75 Å². The Labute approximate surface area is 190 Å². The summed E-state index contributed by atoms with van der Waals surface area (Å²) in [6.45, 7) is -3.76. The van der Waals surface area contributed by atoms with Crippen LogP contribution < -0.4 is 4.74 Å². The van der Waals surface area contributed by atoms with Gasteiger partial charge in [-0.05, 0) is 53.8 Å². The zero-order valence-electron chi connectivity index (χ0n) is 17.4. The largest absolute Gasteiger partial charge is 0.480 e. The van der Waals surface area contributed by atoms with Gasteiger partial charge in [0.15, 0.2) is 0 Å². The van der Waals surface area contributed by atoms with Crippen LogP contribution in [-0.4, -0.2) is 37.0 Å². The molecule has 6 nitrogen and oxygen atoms in total. The highest BCUT2D eigenvalue weighted by Gasteiger charge is 2.55. The Hall–Kier alpha value is -3.30. The lowest BCUT2D eigenvalue weighted by molar-refractivity contribution is -0.137. The molecule has 33 heavy (non-hydrogen) atoms. The van der Waals surface area contributed by atoms with Gasteiger partial charge in [-0.1, -0.05) is 54.6 Å². The predicted octanol–water partition coefficient (Wildman–Crippen LogP) is 4.72. The predicted molar refractivity (Wildman–Crippen MR) is 117 cm³/mol. The second-order valence-corrected chi connectivity index (χ2v) is 9.59. The highest BCUT2D eigenvalue weighted by atomic mass is 32.2. The van der Waals surface area contributed by atoms with Gasteiger partial charge in [0.2, 0.25) is 10.0 Å². The van der Waals surface area contributed by atoms with Crippen molar-refractivity contribution in [2.24, 2.45) is 0 Å². The second kappa shape index (κ2) is 8.92. The van der Waals surface area contributed by atoms with Gasteiger partial charge in [0.1, 0.15) is 12.3 Å². The molecule has 0 heterocycles. The van der Waals surface area contributed by atoms with Crippen molar-refractivity contribution in [3.8, 4) is 16.9 Å². The summed E-state index contributed by atoms with van der Waals surface area (Å²) in [5, 5.41) is 9.46. The molecule has 0 atom stereocenters. The summed E-state index contributed by atoms with van der Waals surface area (Å²) in [7, 11) is -4.24. The average Bonchev–Trinajstić information content (AvgIpc) is 3.60. The van der Waals surface area contributed by atoms with E-state index < -0.39 is 34.7 Å². The summed E-state index contributed by atoms with van der Waals surface area (Å²) in [5.41, 5.74) is 1.68. The number of hydrogen-bond donors (Lipinski definition) is 1. The van der Waals surface area contributed by atoms with E-state index in [0.29, 0.717) is 18.4 Å². The number of alkyl halides is 2. The van der Waals surface area contributed by atoms with Crippen LogP contribution in [0.15, 0.2) is 83.8 Å². The van der Waals surface area contributed by atoms with E-state index >= 15 is 0 Å². The minimum absolute atomic E-state index is 0.189. The number of sulfonamides is 1. The third kappa shape index (κ3) is 4.74. The maximum absolute atomic E-state index is 13.4. The SMILES string of the molecule is O=C(O)CN(C1(c2ccc(-c3ccccc3)cc2)CC1)S(=O)(=O)c1ccc(OC(F)F)cc1. The van der Waals surface area contributed by atoms with E-state index in [2.05, 4.69) is 4.74 Å². The van der Waals surface area contributed by atoms with Gasteiger partial charge in [-0.15, -0.1) is 0 Å². The molecule has 0 amide bonds. The molecule has 0 aromatic heterocycles. The smallest absolute Gasteiger partial charge is 0.387 e. The molecule has 0 unspecified atom stereocenters. The third-order valence-electron chi connectivity index (χ3n) is 5.65. The van der Waals surface area contributed by atoms with Crippen molar-refractivity contribution in [1.29, 1.82) is 0 Å². The first-order valence-corrected chi connectivity index (χ1v) is 11.6. The van der Waals surface area contributed by atoms with Gasteiger partial charge in [-0.25, -0.2) is 8.42 Å². The maximum atomic E-state index is 13.4.